The van der Waals surface area contributed by atoms with Gasteiger partial charge in [0.2, 0.25) is 6.41 Å². The highest BCUT2D eigenvalue weighted by Gasteiger charge is 2.37. The number of aryl methyl sites for hydroxylation is 1. The monoisotopic (exact) mass is 504 g/mol. The summed E-state index contributed by atoms with van der Waals surface area (Å²) in [6, 6.07) is 8.61. The zero-order chi connectivity index (χ0) is 26.3. The van der Waals surface area contributed by atoms with Crippen molar-refractivity contribution in [2.24, 2.45) is 5.92 Å². The highest BCUT2D eigenvalue weighted by atomic mass is 19.4. The first-order valence-electron chi connectivity index (χ1n) is 11.1. The molecule has 0 spiro atoms. The minimum Gasteiger partial charge on any atom is -0.374 e. The summed E-state index contributed by atoms with van der Waals surface area (Å²) in [5.74, 6) is 1.08. The molecule has 0 bridgehead atoms. The first-order valence-corrected chi connectivity index (χ1v) is 11.1. The fraction of sp³-hybridized carbons (Fsp3) is 0.480. The smallest absolute Gasteiger partial charge is 0.374 e. The third kappa shape index (κ3) is 8.85. The molecule has 35 heavy (non-hydrogen) atoms. The largest absolute Gasteiger partial charge is 0.416 e. The van der Waals surface area contributed by atoms with Gasteiger partial charge in [0.15, 0.2) is 0 Å². The molecule has 0 aliphatic heterocycles. The van der Waals surface area contributed by atoms with Crippen LogP contribution in [0.4, 0.5) is 26.3 Å². The number of ether oxygens (including phenoxy) is 1. The third-order valence-corrected chi connectivity index (χ3v) is 5.70. The number of carbonyl (C=O) groups is 1. The van der Waals surface area contributed by atoms with Crippen LogP contribution in [0.1, 0.15) is 47.6 Å². The second kappa shape index (κ2) is 11.9. The zero-order valence-electron chi connectivity index (χ0n) is 19.8. The second-order valence-electron chi connectivity index (χ2n) is 8.79. The van der Waals surface area contributed by atoms with Crippen LogP contribution < -0.4 is 10.6 Å². The Morgan fingerprint density at radius 2 is 1.46 bits per heavy atom. The molecule has 194 valence electrons. The van der Waals surface area contributed by atoms with Gasteiger partial charge in [0.25, 0.3) is 0 Å². The van der Waals surface area contributed by atoms with Gasteiger partial charge in [-0.1, -0.05) is 49.6 Å². The normalized spacial score (nSPS) is 15.6. The quantitative estimate of drug-likeness (QED) is 0.334. The summed E-state index contributed by atoms with van der Waals surface area (Å²) >= 11 is 0. The van der Waals surface area contributed by atoms with E-state index in [4.69, 9.17) is 4.74 Å². The SMILES string of the molecule is CC1CC1.CNC(CNC=O)(COCc1cc(C(F)(F)F)cc(C(F)(F)F)c1)c1ccc(C)cc1. The first kappa shape index (κ1) is 28.6. The Kier molecular flexibility index (Phi) is 9.74. The van der Waals surface area contributed by atoms with Crippen molar-refractivity contribution in [2.45, 2.75) is 51.2 Å². The number of likely N-dealkylation sites (N-methyl/N-ethyl adjacent to an activating group) is 1. The summed E-state index contributed by atoms with van der Waals surface area (Å²) in [4.78, 5) is 10.8. The van der Waals surface area contributed by atoms with Gasteiger partial charge in [0.1, 0.15) is 0 Å². The Balaban J connectivity index is 0.000000975. The molecular formula is C25H30F6N2O2. The zero-order valence-corrected chi connectivity index (χ0v) is 19.8. The van der Waals surface area contributed by atoms with Gasteiger partial charge in [-0.05, 0) is 49.2 Å². The van der Waals surface area contributed by atoms with E-state index in [2.05, 4.69) is 17.6 Å². The predicted molar refractivity (Wildman–Crippen MR) is 120 cm³/mol. The van der Waals surface area contributed by atoms with Crippen LogP contribution in [-0.2, 0) is 34.0 Å². The van der Waals surface area contributed by atoms with Gasteiger partial charge in [-0.15, -0.1) is 0 Å². The molecule has 1 saturated carbocycles. The van der Waals surface area contributed by atoms with Crippen molar-refractivity contribution in [3.63, 3.8) is 0 Å². The van der Waals surface area contributed by atoms with Crippen LogP contribution in [0.5, 0.6) is 0 Å². The number of benzene rings is 2. The maximum atomic E-state index is 13.0. The minimum atomic E-state index is -4.93. The highest BCUT2D eigenvalue weighted by molar-refractivity contribution is 5.46. The van der Waals surface area contributed by atoms with Gasteiger partial charge < -0.3 is 15.4 Å². The minimum absolute atomic E-state index is 0.0711. The van der Waals surface area contributed by atoms with Crippen LogP contribution >= 0.6 is 0 Å². The van der Waals surface area contributed by atoms with E-state index in [9.17, 15) is 31.1 Å². The molecule has 1 aliphatic carbocycles. The van der Waals surface area contributed by atoms with E-state index >= 15 is 0 Å². The summed E-state index contributed by atoms with van der Waals surface area (Å²) in [5.41, 5.74) is -2.29. The Hall–Kier alpha value is -2.59. The number of rotatable bonds is 9. The lowest BCUT2D eigenvalue weighted by Crippen LogP contribution is -2.51. The molecule has 2 aromatic rings. The number of hydrogen-bond donors (Lipinski definition) is 2. The van der Waals surface area contributed by atoms with E-state index in [1.54, 1.807) is 19.2 Å². The molecule has 4 nitrogen and oxygen atoms in total. The molecule has 2 N–H and O–H groups in total. The number of nitrogens with one attached hydrogen (secondary N) is 2. The second-order valence-corrected chi connectivity index (χ2v) is 8.79. The maximum absolute atomic E-state index is 13.0. The van der Waals surface area contributed by atoms with Crippen molar-refractivity contribution in [3.05, 3.63) is 70.3 Å². The van der Waals surface area contributed by atoms with Crippen molar-refractivity contribution < 1.29 is 35.9 Å². The third-order valence-electron chi connectivity index (χ3n) is 5.70. The Morgan fingerprint density at radius 3 is 1.86 bits per heavy atom. The lowest BCUT2D eigenvalue weighted by molar-refractivity contribution is -0.143. The summed E-state index contributed by atoms with van der Waals surface area (Å²) in [6.07, 6.45) is -6.40. The predicted octanol–water partition coefficient (Wildman–Crippen LogP) is 5.83. The summed E-state index contributed by atoms with van der Waals surface area (Å²) in [5, 5.41) is 5.58. The van der Waals surface area contributed by atoms with E-state index in [1.165, 1.54) is 12.8 Å². The van der Waals surface area contributed by atoms with Crippen LogP contribution in [0.15, 0.2) is 42.5 Å². The Morgan fingerprint density at radius 1 is 0.943 bits per heavy atom. The van der Waals surface area contributed by atoms with Gasteiger partial charge >= 0.3 is 12.4 Å². The standard InChI is InChI=1S/C21H22F6N2O2.C4H8/c1-14-3-5-16(6-4-14)19(28-2,11-29-13-30)12-31-10-15-7-17(20(22,23)24)9-18(8-15)21(25,26)27;1-4-2-3-4/h3-9,13,28H,10-12H2,1-2H3,(H,29,30);4H,2-3H2,1H3. The first-order chi connectivity index (χ1) is 16.3. The van der Waals surface area contributed by atoms with E-state index in [1.807, 2.05) is 19.1 Å². The van der Waals surface area contributed by atoms with Gasteiger partial charge in [-0.2, -0.15) is 26.3 Å². The van der Waals surface area contributed by atoms with Crippen LogP contribution in [0.2, 0.25) is 0 Å². The van der Waals surface area contributed by atoms with Gasteiger partial charge in [0, 0.05) is 6.54 Å². The van der Waals surface area contributed by atoms with E-state index < -0.39 is 35.6 Å². The topological polar surface area (TPSA) is 50.4 Å². The average molecular weight is 505 g/mol. The Bertz CT molecular complexity index is 924. The lowest BCUT2D eigenvalue weighted by Gasteiger charge is -2.34. The van der Waals surface area contributed by atoms with Gasteiger partial charge in [0.05, 0.1) is 29.9 Å². The Labute approximate surface area is 201 Å². The van der Waals surface area contributed by atoms with Crippen molar-refractivity contribution in [2.75, 3.05) is 20.2 Å². The highest BCUT2D eigenvalue weighted by Crippen LogP contribution is 2.36. The molecule has 10 heteroatoms. The van der Waals surface area contributed by atoms with E-state index in [0.29, 0.717) is 18.5 Å². The molecule has 1 unspecified atom stereocenters. The summed E-state index contributed by atoms with van der Waals surface area (Å²) in [7, 11) is 1.61. The van der Waals surface area contributed by atoms with Gasteiger partial charge in [-0.3, -0.25) is 4.79 Å². The van der Waals surface area contributed by atoms with Crippen molar-refractivity contribution >= 4 is 6.41 Å². The number of halogens is 6. The molecule has 1 amide bonds. The van der Waals surface area contributed by atoms with Crippen molar-refractivity contribution in [1.82, 2.24) is 10.6 Å². The molecular weight excluding hydrogens is 474 g/mol. The fourth-order valence-electron chi connectivity index (χ4n) is 3.24. The molecule has 1 fully saturated rings. The van der Waals surface area contributed by atoms with Crippen molar-refractivity contribution in [3.8, 4) is 0 Å². The summed E-state index contributed by atoms with van der Waals surface area (Å²) in [6.45, 7) is 3.65. The van der Waals surface area contributed by atoms with Crippen LogP contribution in [0.25, 0.3) is 0 Å². The number of carbonyl (C=O) groups excluding carboxylic acids is 1. The number of amides is 1. The molecule has 0 radical (unpaired) electrons. The maximum Gasteiger partial charge on any atom is 0.416 e. The van der Waals surface area contributed by atoms with Crippen molar-refractivity contribution in [1.29, 1.82) is 0 Å². The molecule has 3 rings (SSSR count). The number of hydrogen-bond acceptors (Lipinski definition) is 3. The summed E-state index contributed by atoms with van der Waals surface area (Å²) < 4.78 is 83.8. The van der Waals surface area contributed by atoms with Gasteiger partial charge in [-0.25, -0.2) is 0 Å². The molecule has 0 aromatic heterocycles. The fourth-order valence-corrected chi connectivity index (χ4v) is 3.24. The molecule has 1 aliphatic rings. The van der Waals surface area contributed by atoms with Crippen LogP contribution in [0.3, 0.4) is 0 Å². The molecule has 0 heterocycles. The molecule has 1 atom stereocenters. The van der Waals surface area contributed by atoms with Crippen LogP contribution in [-0.4, -0.2) is 26.6 Å². The van der Waals surface area contributed by atoms with E-state index in [0.717, 1.165) is 17.0 Å². The molecule has 0 saturated heterocycles. The van der Waals surface area contributed by atoms with Crippen LogP contribution in [0, 0.1) is 12.8 Å². The number of alkyl halides is 6. The molecule has 2 aromatic carbocycles. The average Bonchev–Trinajstić information content (AvgIpc) is 3.58. The lowest BCUT2D eigenvalue weighted by atomic mass is 9.90. The van der Waals surface area contributed by atoms with E-state index in [-0.39, 0.29) is 24.8 Å².